The Bertz CT molecular complexity index is 363. The molecule has 0 spiro atoms. The molecule has 4 heteroatoms. The molecule has 0 radical (unpaired) electrons. The summed E-state index contributed by atoms with van der Waals surface area (Å²) in [6.07, 6.45) is -0.604. The van der Waals surface area contributed by atoms with Crippen molar-refractivity contribution in [1.82, 2.24) is 0 Å². The van der Waals surface area contributed by atoms with Crippen LogP contribution in [0.3, 0.4) is 0 Å². The van der Waals surface area contributed by atoms with Crippen molar-refractivity contribution in [2.45, 2.75) is 32.5 Å². The van der Waals surface area contributed by atoms with E-state index in [1.165, 1.54) is 0 Å². The Hall–Kier alpha value is -1.06. The number of hydrogen-bond acceptors (Lipinski definition) is 2. The summed E-state index contributed by atoms with van der Waals surface area (Å²) in [6.45, 7) is 3.63. The van der Waals surface area contributed by atoms with Gasteiger partial charge in [-0.2, -0.15) is 0 Å². The molecule has 1 aromatic carbocycles. The van der Waals surface area contributed by atoms with E-state index in [-0.39, 0.29) is 6.10 Å². The van der Waals surface area contributed by atoms with E-state index in [4.69, 9.17) is 21.4 Å². The predicted octanol–water partition coefficient (Wildman–Crippen LogP) is 2.76. The monoisotopic (exact) mass is 242 g/mol. The largest absolute Gasteiger partial charge is 0.479 e. The Morgan fingerprint density at radius 3 is 2.69 bits per heavy atom. The Labute approximate surface area is 100.0 Å². The lowest BCUT2D eigenvalue weighted by molar-refractivity contribution is -0.153. The van der Waals surface area contributed by atoms with Gasteiger partial charge >= 0.3 is 5.97 Å². The highest BCUT2D eigenvalue weighted by Gasteiger charge is 2.19. The molecule has 0 aliphatic heterocycles. The number of carboxylic acid groups (broad SMARTS) is 1. The molecule has 0 saturated heterocycles. The van der Waals surface area contributed by atoms with Crippen LogP contribution >= 0.6 is 11.6 Å². The van der Waals surface area contributed by atoms with E-state index in [1.807, 2.05) is 19.9 Å². The molecule has 88 valence electrons. The van der Waals surface area contributed by atoms with E-state index >= 15 is 0 Å². The zero-order valence-electron chi connectivity index (χ0n) is 9.31. The summed E-state index contributed by atoms with van der Waals surface area (Å²) in [6, 6.07) is 7.14. The van der Waals surface area contributed by atoms with Crippen molar-refractivity contribution in [2.24, 2.45) is 0 Å². The molecule has 0 amide bonds. The average molecular weight is 243 g/mol. The topological polar surface area (TPSA) is 46.5 Å². The van der Waals surface area contributed by atoms with Crippen LogP contribution in [0.4, 0.5) is 0 Å². The Morgan fingerprint density at radius 2 is 2.19 bits per heavy atom. The number of aliphatic carboxylic acids is 1. The van der Waals surface area contributed by atoms with Crippen LogP contribution < -0.4 is 0 Å². The first-order valence-electron chi connectivity index (χ1n) is 5.11. The summed E-state index contributed by atoms with van der Waals surface area (Å²) in [4.78, 5) is 11.0. The molecule has 0 aromatic heterocycles. The standard InChI is InChI=1S/C12H15ClO3/c1-8(2)16-11(12(14)15)7-9-4-3-5-10(13)6-9/h3-6,8,11H,7H2,1-2H3,(H,14,15)/t11-/m0/s1. The molecule has 0 bridgehead atoms. The van der Waals surface area contributed by atoms with Gasteiger partial charge in [-0.05, 0) is 31.5 Å². The highest BCUT2D eigenvalue weighted by atomic mass is 35.5. The van der Waals surface area contributed by atoms with Gasteiger partial charge in [0.25, 0.3) is 0 Å². The maximum atomic E-state index is 11.0. The highest BCUT2D eigenvalue weighted by molar-refractivity contribution is 6.30. The summed E-state index contributed by atoms with van der Waals surface area (Å²) in [7, 11) is 0. The molecule has 1 N–H and O–H groups in total. The normalized spacial score (nSPS) is 12.8. The summed E-state index contributed by atoms with van der Waals surface area (Å²) in [5.74, 6) is -0.950. The van der Waals surface area contributed by atoms with Gasteiger partial charge in [-0.15, -0.1) is 0 Å². The molecule has 0 heterocycles. The summed E-state index contributed by atoms with van der Waals surface area (Å²) < 4.78 is 5.31. The Morgan fingerprint density at radius 1 is 1.50 bits per heavy atom. The van der Waals surface area contributed by atoms with Crippen molar-refractivity contribution < 1.29 is 14.6 Å². The van der Waals surface area contributed by atoms with Crippen LogP contribution in [0.5, 0.6) is 0 Å². The Balaban J connectivity index is 2.71. The van der Waals surface area contributed by atoms with Gasteiger partial charge in [0.15, 0.2) is 6.10 Å². The van der Waals surface area contributed by atoms with Gasteiger partial charge in [0, 0.05) is 11.4 Å². The number of carboxylic acids is 1. The first-order valence-corrected chi connectivity index (χ1v) is 5.49. The second-order valence-electron chi connectivity index (χ2n) is 3.85. The fourth-order valence-corrected chi connectivity index (χ4v) is 1.61. The van der Waals surface area contributed by atoms with Crippen molar-refractivity contribution >= 4 is 17.6 Å². The molecular formula is C12H15ClO3. The van der Waals surface area contributed by atoms with E-state index < -0.39 is 12.1 Å². The van der Waals surface area contributed by atoms with Gasteiger partial charge in [0.2, 0.25) is 0 Å². The van der Waals surface area contributed by atoms with Crippen molar-refractivity contribution in [1.29, 1.82) is 0 Å². The molecule has 1 atom stereocenters. The van der Waals surface area contributed by atoms with Gasteiger partial charge < -0.3 is 9.84 Å². The highest BCUT2D eigenvalue weighted by Crippen LogP contribution is 2.14. The molecule has 0 saturated carbocycles. The lowest BCUT2D eigenvalue weighted by Gasteiger charge is -2.16. The van der Waals surface area contributed by atoms with Crippen molar-refractivity contribution in [3.63, 3.8) is 0 Å². The molecular weight excluding hydrogens is 228 g/mol. The third kappa shape index (κ3) is 4.21. The number of carbonyl (C=O) groups is 1. The number of ether oxygens (including phenoxy) is 1. The van der Waals surface area contributed by atoms with Crippen LogP contribution in [0.2, 0.25) is 5.02 Å². The predicted molar refractivity (Wildman–Crippen MR) is 62.8 cm³/mol. The molecule has 1 rings (SSSR count). The quantitative estimate of drug-likeness (QED) is 0.864. The van der Waals surface area contributed by atoms with E-state index in [0.717, 1.165) is 5.56 Å². The smallest absolute Gasteiger partial charge is 0.333 e. The van der Waals surface area contributed by atoms with E-state index in [2.05, 4.69) is 0 Å². The fourth-order valence-electron chi connectivity index (χ4n) is 1.40. The van der Waals surface area contributed by atoms with Crippen LogP contribution in [-0.2, 0) is 16.0 Å². The Kier molecular flexibility index (Phi) is 4.77. The first kappa shape index (κ1) is 13.0. The average Bonchev–Trinajstić information content (AvgIpc) is 2.15. The lowest BCUT2D eigenvalue weighted by atomic mass is 10.1. The van der Waals surface area contributed by atoms with Crippen molar-refractivity contribution in [2.75, 3.05) is 0 Å². The van der Waals surface area contributed by atoms with Gasteiger partial charge in [-0.25, -0.2) is 4.79 Å². The molecule has 3 nitrogen and oxygen atoms in total. The van der Waals surface area contributed by atoms with E-state index in [0.29, 0.717) is 11.4 Å². The maximum Gasteiger partial charge on any atom is 0.333 e. The van der Waals surface area contributed by atoms with Crippen LogP contribution in [0.15, 0.2) is 24.3 Å². The lowest BCUT2D eigenvalue weighted by Crippen LogP contribution is -2.29. The first-order chi connectivity index (χ1) is 7.49. The SMILES string of the molecule is CC(C)O[C@@H](Cc1cccc(Cl)c1)C(=O)O. The maximum absolute atomic E-state index is 11.0. The van der Waals surface area contributed by atoms with Gasteiger partial charge in [0.1, 0.15) is 0 Å². The third-order valence-electron chi connectivity index (χ3n) is 2.02. The fraction of sp³-hybridized carbons (Fsp3) is 0.417. The number of hydrogen-bond donors (Lipinski definition) is 1. The molecule has 0 aliphatic carbocycles. The zero-order chi connectivity index (χ0) is 12.1. The van der Waals surface area contributed by atoms with E-state index in [1.54, 1.807) is 18.2 Å². The minimum Gasteiger partial charge on any atom is -0.479 e. The molecule has 16 heavy (non-hydrogen) atoms. The summed E-state index contributed by atoms with van der Waals surface area (Å²) >= 11 is 5.83. The number of benzene rings is 1. The van der Waals surface area contributed by atoms with Crippen molar-refractivity contribution in [3.8, 4) is 0 Å². The van der Waals surface area contributed by atoms with Crippen LogP contribution in [0, 0.1) is 0 Å². The van der Waals surface area contributed by atoms with E-state index in [9.17, 15) is 4.79 Å². The number of halogens is 1. The van der Waals surface area contributed by atoms with Crippen molar-refractivity contribution in [3.05, 3.63) is 34.9 Å². The minimum atomic E-state index is -0.950. The zero-order valence-corrected chi connectivity index (χ0v) is 10.1. The second kappa shape index (κ2) is 5.87. The summed E-state index contributed by atoms with van der Waals surface area (Å²) in [5.41, 5.74) is 0.862. The van der Waals surface area contributed by atoms with Crippen LogP contribution in [-0.4, -0.2) is 23.3 Å². The minimum absolute atomic E-state index is 0.111. The second-order valence-corrected chi connectivity index (χ2v) is 4.28. The van der Waals surface area contributed by atoms with Gasteiger partial charge in [0.05, 0.1) is 6.10 Å². The third-order valence-corrected chi connectivity index (χ3v) is 2.26. The number of rotatable bonds is 5. The molecule has 0 fully saturated rings. The molecule has 0 unspecified atom stereocenters. The van der Waals surface area contributed by atoms with Gasteiger partial charge in [-0.1, -0.05) is 23.7 Å². The summed E-state index contributed by atoms with van der Waals surface area (Å²) in [5, 5.41) is 9.60. The van der Waals surface area contributed by atoms with Crippen LogP contribution in [0.25, 0.3) is 0 Å². The van der Waals surface area contributed by atoms with Crippen LogP contribution in [0.1, 0.15) is 19.4 Å². The van der Waals surface area contributed by atoms with Gasteiger partial charge in [-0.3, -0.25) is 0 Å². The molecule has 1 aromatic rings. The molecule has 0 aliphatic rings.